The normalized spacial score (nSPS) is 23.8. The molecule has 1 aromatic carbocycles. The van der Waals surface area contributed by atoms with E-state index in [1.807, 2.05) is 6.92 Å². The van der Waals surface area contributed by atoms with Crippen molar-refractivity contribution < 1.29 is 18.6 Å². The smallest absolute Gasteiger partial charge is 0.194 e. The van der Waals surface area contributed by atoms with Gasteiger partial charge < -0.3 is 24.4 Å². The Morgan fingerprint density at radius 3 is 2.71 bits per heavy atom. The van der Waals surface area contributed by atoms with Gasteiger partial charge in [0.05, 0.1) is 19.3 Å². The minimum Gasteiger partial charge on any atom is -0.489 e. The second-order valence-corrected chi connectivity index (χ2v) is 6.98. The first-order valence-corrected chi connectivity index (χ1v) is 9.84. The van der Waals surface area contributed by atoms with E-state index in [-0.39, 0.29) is 48.1 Å². The summed E-state index contributed by atoms with van der Waals surface area (Å²) in [6.45, 7) is 8.44. The van der Waals surface area contributed by atoms with Crippen LogP contribution in [0.25, 0.3) is 0 Å². The lowest BCUT2D eigenvalue weighted by atomic mass is 10.1. The zero-order valence-electron chi connectivity index (χ0n) is 16.6. The van der Waals surface area contributed by atoms with E-state index in [0.717, 1.165) is 45.0 Å². The molecule has 0 aliphatic carbocycles. The van der Waals surface area contributed by atoms with Gasteiger partial charge in [0.1, 0.15) is 23.8 Å². The Balaban J connectivity index is 0.00000280. The molecule has 6 nitrogen and oxygen atoms in total. The van der Waals surface area contributed by atoms with Crippen molar-refractivity contribution in [2.24, 2.45) is 4.99 Å². The standard InChI is InChI=1S/C20H30FN3O3.HI/c1-3-22-20(23-13-15(2)27-17-8-6-16(21)7-9-17)24-10-12-26-19(14-24)18-5-4-11-25-18;/h6-9,15,18-19H,3-5,10-14H2,1-2H3,(H,22,23);1H. The van der Waals surface area contributed by atoms with Gasteiger partial charge in [-0.2, -0.15) is 0 Å². The summed E-state index contributed by atoms with van der Waals surface area (Å²) in [5.74, 6) is 1.25. The number of guanidine groups is 1. The van der Waals surface area contributed by atoms with Crippen LogP contribution < -0.4 is 10.1 Å². The van der Waals surface area contributed by atoms with Gasteiger partial charge in [0.25, 0.3) is 0 Å². The molecule has 0 aromatic heterocycles. The maximum atomic E-state index is 13.0. The van der Waals surface area contributed by atoms with Gasteiger partial charge >= 0.3 is 0 Å². The highest BCUT2D eigenvalue weighted by atomic mass is 127. The summed E-state index contributed by atoms with van der Waals surface area (Å²) in [4.78, 5) is 6.99. The lowest BCUT2D eigenvalue weighted by Gasteiger charge is -2.37. The van der Waals surface area contributed by atoms with Crippen molar-refractivity contribution in [3.8, 4) is 5.75 Å². The van der Waals surface area contributed by atoms with Gasteiger partial charge in [0.15, 0.2) is 5.96 Å². The maximum absolute atomic E-state index is 13.0. The number of halogens is 2. The highest BCUT2D eigenvalue weighted by molar-refractivity contribution is 14.0. The molecular weight excluding hydrogens is 476 g/mol. The van der Waals surface area contributed by atoms with E-state index in [9.17, 15) is 4.39 Å². The number of nitrogens with zero attached hydrogens (tertiary/aromatic N) is 2. The molecule has 2 aliphatic heterocycles. The van der Waals surface area contributed by atoms with Crippen molar-refractivity contribution in [3.63, 3.8) is 0 Å². The van der Waals surface area contributed by atoms with E-state index in [2.05, 4.69) is 17.1 Å². The van der Waals surface area contributed by atoms with Crippen molar-refractivity contribution >= 4 is 29.9 Å². The predicted octanol–water partition coefficient (Wildman–Crippen LogP) is 3.06. The number of hydrogen-bond donors (Lipinski definition) is 1. The number of morpholine rings is 1. The summed E-state index contributed by atoms with van der Waals surface area (Å²) < 4.78 is 30.5. The van der Waals surface area contributed by atoms with Crippen LogP contribution in [0, 0.1) is 5.82 Å². The molecule has 158 valence electrons. The van der Waals surface area contributed by atoms with E-state index in [1.54, 1.807) is 12.1 Å². The number of ether oxygens (including phenoxy) is 3. The Labute approximate surface area is 183 Å². The Morgan fingerprint density at radius 1 is 1.29 bits per heavy atom. The number of rotatable bonds is 6. The fraction of sp³-hybridized carbons (Fsp3) is 0.650. The average molecular weight is 507 g/mol. The van der Waals surface area contributed by atoms with Crippen molar-refractivity contribution in [2.45, 2.75) is 45.0 Å². The molecule has 8 heteroatoms. The summed E-state index contributed by atoms with van der Waals surface area (Å²) >= 11 is 0. The Hall–Kier alpha value is -1.13. The van der Waals surface area contributed by atoms with Crippen molar-refractivity contribution in [3.05, 3.63) is 30.1 Å². The molecule has 0 amide bonds. The Kier molecular flexibility index (Phi) is 9.73. The molecule has 3 unspecified atom stereocenters. The summed E-state index contributed by atoms with van der Waals surface area (Å²) in [5.41, 5.74) is 0. The lowest BCUT2D eigenvalue weighted by Crippen LogP contribution is -2.53. The first-order chi connectivity index (χ1) is 13.2. The number of nitrogens with one attached hydrogen (secondary N) is 1. The van der Waals surface area contributed by atoms with Crippen LogP contribution in [0.5, 0.6) is 5.75 Å². The van der Waals surface area contributed by atoms with Crippen molar-refractivity contribution in [1.29, 1.82) is 0 Å². The van der Waals surface area contributed by atoms with Gasteiger partial charge in [-0.25, -0.2) is 9.38 Å². The predicted molar refractivity (Wildman–Crippen MR) is 118 cm³/mol. The second-order valence-electron chi connectivity index (χ2n) is 6.98. The van der Waals surface area contributed by atoms with Gasteiger partial charge in [0.2, 0.25) is 0 Å². The molecule has 3 rings (SSSR count). The van der Waals surface area contributed by atoms with Crippen LogP contribution in [-0.4, -0.2) is 68.6 Å². The highest BCUT2D eigenvalue weighted by Gasteiger charge is 2.32. The van der Waals surface area contributed by atoms with Crippen molar-refractivity contribution in [2.75, 3.05) is 39.4 Å². The fourth-order valence-electron chi connectivity index (χ4n) is 3.41. The van der Waals surface area contributed by atoms with E-state index in [4.69, 9.17) is 19.2 Å². The third kappa shape index (κ3) is 6.73. The Bertz CT molecular complexity index is 611. The summed E-state index contributed by atoms with van der Waals surface area (Å²) in [6.07, 6.45) is 2.35. The monoisotopic (exact) mass is 507 g/mol. The van der Waals surface area contributed by atoms with E-state index in [0.29, 0.717) is 18.9 Å². The van der Waals surface area contributed by atoms with Crippen LogP contribution in [0.4, 0.5) is 4.39 Å². The first-order valence-electron chi connectivity index (χ1n) is 9.84. The van der Waals surface area contributed by atoms with Crippen LogP contribution in [0.2, 0.25) is 0 Å². The first kappa shape index (κ1) is 23.2. The molecule has 0 saturated carbocycles. The minimum atomic E-state index is -0.268. The third-order valence-corrected chi connectivity index (χ3v) is 4.76. The van der Waals surface area contributed by atoms with E-state index >= 15 is 0 Å². The third-order valence-electron chi connectivity index (χ3n) is 4.76. The number of aliphatic imine (C=N–C) groups is 1. The minimum absolute atomic E-state index is 0. The molecule has 2 fully saturated rings. The zero-order valence-corrected chi connectivity index (χ0v) is 18.9. The lowest BCUT2D eigenvalue weighted by molar-refractivity contribution is -0.0817. The highest BCUT2D eigenvalue weighted by Crippen LogP contribution is 2.21. The quantitative estimate of drug-likeness (QED) is 0.365. The van der Waals surface area contributed by atoms with Gasteiger partial charge in [0, 0.05) is 26.2 Å². The molecule has 1 N–H and O–H groups in total. The Morgan fingerprint density at radius 2 is 2.04 bits per heavy atom. The molecule has 2 saturated heterocycles. The molecule has 3 atom stereocenters. The number of benzene rings is 1. The van der Waals surface area contributed by atoms with Gasteiger partial charge in [-0.05, 0) is 51.0 Å². The van der Waals surface area contributed by atoms with E-state index < -0.39 is 0 Å². The fourth-order valence-corrected chi connectivity index (χ4v) is 3.41. The second kappa shape index (κ2) is 11.8. The van der Waals surface area contributed by atoms with Crippen LogP contribution in [-0.2, 0) is 9.47 Å². The molecule has 0 spiro atoms. The van der Waals surface area contributed by atoms with Crippen LogP contribution >= 0.6 is 24.0 Å². The zero-order chi connectivity index (χ0) is 19.1. The topological polar surface area (TPSA) is 55.3 Å². The van der Waals surface area contributed by atoms with Gasteiger partial charge in [-0.1, -0.05) is 0 Å². The molecule has 28 heavy (non-hydrogen) atoms. The van der Waals surface area contributed by atoms with Gasteiger partial charge in [-0.3, -0.25) is 0 Å². The molecule has 1 aromatic rings. The summed E-state index contributed by atoms with van der Waals surface area (Å²) in [7, 11) is 0. The van der Waals surface area contributed by atoms with E-state index in [1.165, 1.54) is 12.1 Å². The van der Waals surface area contributed by atoms with Crippen molar-refractivity contribution in [1.82, 2.24) is 10.2 Å². The number of hydrogen-bond acceptors (Lipinski definition) is 4. The SMILES string of the molecule is CCNC(=NCC(C)Oc1ccc(F)cc1)N1CCOC(C2CCCO2)C1.I. The summed E-state index contributed by atoms with van der Waals surface area (Å²) in [5, 5.41) is 3.36. The molecular formula is C20H31FIN3O3. The van der Waals surface area contributed by atoms with Crippen LogP contribution in [0.3, 0.4) is 0 Å². The summed E-state index contributed by atoms with van der Waals surface area (Å²) in [6, 6.07) is 6.06. The molecule has 0 radical (unpaired) electrons. The molecule has 2 aliphatic rings. The average Bonchev–Trinajstić information content (AvgIpc) is 3.22. The molecule has 0 bridgehead atoms. The largest absolute Gasteiger partial charge is 0.489 e. The van der Waals surface area contributed by atoms with Crippen LogP contribution in [0.15, 0.2) is 29.3 Å². The van der Waals surface area contributed by atoms with Gasteiger partial charge in [-0.15, -0.1) is 24.0 Å². The maximum Gasteiger partial charge on any atom is 0.194 e. The molecule has 2 heterocycles. The van der Waals surface area contributed by atoms with Crippen LogP contribution in [0.1, 0.15) is 26.7 Å².